The van der Waals surface area contributed by atoms with Gasteiger partial charge in [0.25, 0.3) is 0 Å². The van der Waals surface area contributed by atoms with Gasteiger partial charge in [-0.05, 0) is 31.9 Å². The first-order valence-electron chi connectivity index (χ1n) is 6.62. The summed E-state index contributed by atoms with van der Waals surface area (Å²) in [5.41, 5.74) is 0. The van der Waals surface area contributed by atoms with Crippen molar-refractivity contribution < 1.29 is 17.9 Å². The van der Waals surface area contributed by atoms with Gasteiger partial charge in [-0.3, -0.25) is 9.78 Å². The van der Waals surface area contributed by atoms with Gasteiger partial charge >= 0.3 is 5.97 Å². The number of esters is 1. The van der Waals surface area contributed by atoms with Crippen molar-refractivity contribution in [1.29, 1.82) is 0 Å². The molecule has 20 heavy (non-hydrogen) atoms. The number of sulfonamides is 1. The molecule has 1 fully saturated rings. The molecule has 0 spiro atoms. The maximum absolute atomic E-state index is 12.4. The number of pyridine rings is 1. The molecule has 1 aromatic heterocycles. The molecule has 1 aromatic rings. The van der Waals surface area contributed by atoms with Crippen LogP contribution < -0.4 is 0 Å². The van der Waals surface area contributed by atoms with Crippen molar-refractivity contribution in [2.24, 2.45) is 5.92 Å². The molecule has 1 aliphatic rings. The van der Waals surface area contributed by atoms with Gasteiger partial charge in [0, 0.05) is 25.5 Å². The van der Waals surface area contributed by atoms with E-state index in [9.17, 15) is 13.2 Å². The third-order valence-electron chi connectivity index (χ3n) is 3.28. The molecule has 0 N–H and O–H groups in total. The summed E-state index contributed by atoms with van der Waals surface area (Å²) in [4.78, 5) is 15.7. The highest BCUT2D eigenvalue weighted by molar-refractivity contribution is 7.89. The molecule has 6 nitrogen and oxygen atoms in total. The lowest BCUT2D eigenvalue weighted by atomic mass is 10.0. The Kier molecular flexibility index (Phi) is 4.72. The maximum Gasteiger partial charge on any atom is 0.310 e. The van der Waals surface area contributed by atoms with Crippen molar-refractivity contribution in [1.82, 2.24) is 9.29 Å². The van der Waals surface area contributed by atoms with E-state index >= 15 is 0 Å². The third-order valence-corrected chi connectivity index (χ3v) is 5.12. The number of carbonyl (C=O) groups excluding carboxylic acids is 1. The molecular weight excluding hydrogens is 280 g/mol. The van der Waals surface area contributed by atoms with Gasteiger partial charge in [0.1, 0.15) is 4.90 Å². The highest BCUT2D eigenvalue weighted by Gasteiger charge is 2.33. The summed E-state index contributed by atoms with van der Waals surface area (Å²) in [5, 5.41) is 0. The van der Waals surface area contributed by atoms with Crippen molar-refractivity contribution in [2.75, 3.05) is 19.7 Å². The van der Waals surface area contributed by atoms with E-state index in [0.717, 1.165) is 0 Å². The molecule has 7 heteroatoms. The number of ether oxygens (including phenoxy) is 1. The van der Waals surface area contributed by atoms with Crippen molar-refractivity contribution in [3.8, 4) is 0 Å². The predicted molar refractivity (Wildman–Crippen MR) is 72.4 cm³/mol. The minimum Gasteiger partial charge on any atom is -0.466 e. The molecule has 1 aliphatic heterocycles. The Bertz CT molecular complexity index is 559. The van der Waals surface area contributed by atoms with E-state index in [-0.39, 0.29) is 23.3 Å². The number of aromatic nitrogens is 1. The van der Waals surface area contributed by atoms with Crippen LogP contribution >= 0.6 is 0 Å². The summed E-state index contributed by atoms with van der Waals surface area (Å²) >= 11 is 0. The summed E-state index contributed by atoms with van der Waals surface area (Å²) in [7, 11) is -3.58. The zero-order valence-electron chi connectivity index (χ0n) is 11.4. The van der Waals surface area contributed by atoms with E-state index in [2.05, 4.69) is 4.98 Å². The third kappa shape index (κ3) is 3.16. The average molecular weight is 298 g/mol. The van der Waals surface area contributed by atoms with Crippen LogP contribution in [0.5, 0.6) is 0 Å². The van der Waals surface area contributed by atoms with Gasteiger partial charge in [-0.15, -0.1) is 0 Å². The molecule has 0 amide bonds. The quantitative estimate of drug-likeness (QED) is 0.776. The number of carbonyl (C=O) groups is 1. The highest BCUT2D eigenvalue weighted by Crippen LogP contribution is 2.24. The molecule has 0 radical (unpaired) electrons. The van der Waals surface area contributed by atoms with Crippen molar-refractivity contribution in [2.45, 2.75) is 24.7 Å². The second-order valence-corrected chi connectivity index (χ2v) is 6.58. The first kappa shape index (κ1) is 14.9. The molecule has 0 bridgehead atoms. The van der Waals surface area contributed by atoms with Crippen molar-refractivity contribution in [3.63, 3.8) is 0 Å². The highest BCUT2D eigenvalue weighted by atomic mass is 32.2. The molecule has 2 heterocycles. The zero-order chi connectivity index (χ0) is 14.6. The number of piperidine rings is 1. The number of rotatable bonds is 4. The summed E-state index contributed by atoms with van der Waals surface area (Å²) in [5.74, 6) is -0.700. The lowest BCUT2D eigenvalue weighted by molar-refractivity contribution is -0.149. The Hall–Kier alpha value is -1.47. The van der Waals surface area contributed by atoms with E-state index in [1.165, 1.54) is 22.8 Å². The molecule has 0 unspecified atom stereocenters. The Morgan fingerprint density at radius 2 is 2.35 bits per heavy atom. The van der Waals surface area contributed by atoms with Gasteiger partial charge in [-0.25, -0.2) is 8.42 Å². The number of nitrogens with zero attached hydrogens (tertiary/aromatic N) is 2. The monoisotopic (exact) mass is 298 g/mol. The molecule has 0 aromatic carbocycles. The SMILES string of the molecule is CCOC(=O)[C@@H]1CCCN(S(=O)(=O)c2cccnc2)C1. The minimum atomic E-state index is -3.58. The van der Waals surface area contributed by atoms with E-state index in [1.54, 1.807) is 13.0 Å². The fourth-order valence-electron chi connectivity index (χ4n) is 2.26. The summed E-state index contributed by atoms with van der Waals surface area (Å²) in [6.07, 6.45) is 4.17. The van der Waals surface area contributed by atoms with Crippen LogP contribution in [0.15, 0.2) is 29.4 Å². The Labute approximate surface area is 118 Å². The fourth-order valence-corrected chi connectivity index (χ4v) is 3.75. The smallest absolute Gasteiger partial charge is 0.310 e. The van der Waals surface area contributed by atoms with Gasteiger partial charge < -0.3 is 4.74 Å². The van der Waals surface area contributed by atoms with Crippen LogP contribution in [0.1, 0.15) is 19.8 Å². The second-order valence-electron chi connectivity index (χ2n) is 4.64. The Morgan fingerprint density at radius 3 is 3.00 bits per heavy atom. The molecule has 1 saturated heterocycles. The summed E-state index contributed by atoms with van der Waals surface area (Å²) in [6.45, 7) is 2.65. The second kappa shape index (κ2) is 6.32. The average Bonchev–Trinajstić information content (AvgIpc) is 2.48. The van der Waals surface area contributed by atoms with Crippen LogP contribution in [0.3, 0.4) is 0 Å². The van der Waals surface area contributed by atoms with Crippen LogP contribution in [0, 0.1) is 5.92 Å². The van der Waals surface area contributed by atoms with Crippen molar-refractivity contribution >= 4 is 16.0 Å². The van der Waals surface area contributed by atoms with E-state index < -0.39 is 10.0 Å². The lowest BCUT2D eigenvalue weighted by Gasteiger charge is -2.30. The molecular formula is C13H18N2O4S. The van der Waals surface area contributed by atoms with Gasteiger partial charge in [-0.2, -0.15) is 4.31 Å². The summed E-state index contributed by atoms with van der Waals surface area (Å²) in [6, 6.07) is 3.09. The van der Waals surface area contributed by atoms with E-state index in [4.69, 9.17) is 4.74 Å². The van der Waals surface area contributed by atoms with Gasteiger partial charge in [0.2, 0.25) is 10.0 Å². The number of hydrogen-bond donors (Lipinski definition) is 0. The Balaban J connectivity index is 2.15. The van der Waals surface area contributed by atoms with Gasteiger partial charge in [0.15, 0.2) is 0 Å². The van der Waals surface area contributed by atoms with E-state index in [1.807, 2.05) is 0 Å². The largest absolute Gasteiger partial charge is 0.466 e. The molecule has 0 aliphatic carbocycles. The topological polar surface area (TPSA) is 76.6 Å². The van der Waals surface area contributed by atoms with Crippen molar-refractivity contribution in [3.05, 3.63) is 24.5 Å². The molecule has 110 valence electrons. The van der Waals surface area contributed by atoms with Gasteiger partial charge in [-0.1, -0.05) is 0 Å². The number of hydrogen-bond acceptors (Lipinski definition) is 5. The molecule has 2 rings (SSSR count). The maximum atomic E-state index is 12.4. The van der Waals surface area contributed by atoms with Crippen LogP contribution in [0.4, 0.5) is 0 Å². The molecule has 1 atom stereocenters. The fraction of sp³-hybridized carbons (Fsp3) is 0.538. The first-order valence-corrected chi connectivity index (χ1v) is 8.06. The van der Waals surface area contributed by atoms with Crippen LogP contribution in [0.2, 0.25) is 0 Å². The van der Waals surface area contributed by atoms with Crippen LogP contribution in [0.25, 0.3) is 0 Å². The van der Waals surface area contributed by atoms with Crippen LogP contribution in [-0.4, -0.2) is 43.4 Å². The predicted octanol–water partition coefficient (Wildman–Crippen LogP) is 1.05. The lowest BCUT2D eigenvalue weighted by Crippen LogP contribution is -2.42. The molecule has 0 saturated carbocycles. The Morgan fingerprint density at radius 1 is 1.55 bits per heavy atom. The van der Waals surface area contributed by atoms with Crippen LogP contribution in [-0.2, 0) is 19.6 Å². The normalized spacial score (nSPS) is 20.6. The van der Waals surface area contributed by atoms with E-state index in [0.29, 0.717) is 26.0 Å². The zero-order valence-corrected chi connectivity index (χ0v) is 12.2. The summed E-state index contributed by atoms with van der Waals surface area (Å²) < 4.78 is 31.2. The van der Waals surface area contributed by atoms with Gasteiger partial charge in [0.05, 0.1) is 12.5 Å². The first-order chi connectivity index (χ1) is 9.55. The minimum absolute atomic E-state index is 0.157. The standard InChI is InChI=1S/C13H18N2O4S/c1-2-19-13(16)11-5-4-8-15(10-11)20(17,18)12-6-3-7-14-9-12/h3,6-7,9,11H,2,4-5,8,10H2,1H3/t11-/m1/s1.